The molecule has 0 aliphatic heterocycles. The summed E-state index contributed by atoms with van der Waals surface area (Å²) < 4.78 is 1.58. The molecular formula is C25H22ClN3O2S. The van der Waals surface area contributed by atoms with E-state index in [-0.39, 0.29) is 17.2 Å². The van der Waals surface area contributed by atoms with Crippen LogP contribution in [0.4, 0.5) is 0 Å². The molecule has 162 valence electrons. The Morgan fingerprint density at radius 3 is 2.56 bits per heavy atom. The molecule has 1 aromatic heterocycles. The van der Waals surface area contributed by atoms with E-state index in [1.54, 1.807) is 16.7 Å². The van der Waals surface area contributed by atoms with Crippen molar-refractivity contribution in [2.75, 3.05) is 5.75 Å². The molecule has 5 nitrogen and oxygen atoms in total. The van der Waals surface area contributed by atoms with E-state index in [1.807, 2.05) is 68.4 Å². The summed E-state index contributed by atoms with van der Waals surface area (Å²) in [5.41, 5.74) is 4.26. The molecule has 4 aromatic rings. The molecule has 0 aliphatic rings. The van der Waals surface area contributed by atoms with Gasteiger partial charge in [0, 0.05) is 11.6 Å². The number of benzene rings is 3. The molecule has 0 unspecified atom stereocenters. The van der Waals surface area contributed by atoms with Gasteiger partial charge in [-0.25, -0.2) is 4.98 Å². The van der Waals surface area contributed by atoms with E-state index in [1.165, 1.54) is 11.8 Å². The fourth-order valence-electron chi connectivity index (χ4n) is 3.32. The highest BCUT2D eigenvalue weighted by atomic mass is 35.5. The summed E-state index contributed by atoms with van der Waals surface area (Å²) in [7, 11) is 0. The Hall–Kier alpha value is -3.09. The van der Waals surface area contributed by atoms with Crippen molar-refractivity contribution >= 4 is 40.2 Å². The molecule has 0 atom stereocenters. The van der Waals surface area contributed by atoms with Crippen LogP contribution >= 0.6 is 23.4 Å². The molecule has 0 spiro atoms. The van der Waals surface area contributed by atoms with E-state index in [0.717, 1.165) is 22.4 Å². The second-order valence-corrected chi connectivity index (χ2v) is 8.83. The summed E-state index contributed by atoms with van der Waals surface area (Å²) >= 11 is 7.40. The average Bonchev–Trinajstić information content (AvgIpc) is 2.79. The van der Waals surface area contributed by atoms with Crippen LogP contribution in [-0.4, -0.2) is 21.2 Å². The number of amides is 1. The van der Waals surface area contributed by atoms with Gasteiger partial charge in [0.25, 0.3) is 5.56 Å². The Balaban J connectivity index is 1.62. The number of aromatic nitrogens is 2. The monoisotopic (exact) mass is 463 g/mol. The lowest BCUT2D eigenvalue weighted by Crippen LogP contribution is -2.26. The van der Waals surface area contributed by atoms with Crippen LogP contribution in [0.2, 0.25) is 5.02 Å². The maximum atomic E-state index is 13.3. The summed E-state index contributed by atoms with van der Waals surface area (Å²) in [4.78, 5) is 30.5. The first-order valence-electron chi connectivity index (χ1n) is 10.2. The Kier molecular flexibility index (Phi) is 6.63. The fraction of sp³-hybridized carbons (Fsp3) is 0.160. The van der Waals surface area contributed by atoms with Gasteiger partial charge in [0.2, 0.25) is 5.91 Å². The van der Waals surface area contributed by atoms with Gasteiger partial charge in [-0.2, -0.15) is 0 Å². The van der Waals surface area contributed by atoms with E-state index < -0.39 is 0 Å². The molecular weight excluding hydrogens is 442 g/mol. The predicted molar refractivity (Wildman–Crippen MR) is 131 cm³/mol. The van der Waals surface area contributed by atoms with Crippen molar-refractivity contribution in [2.24, 2.45) is 0 Å². The number of rotatable bonds is 6. The first-order chi connectivity index (χ1) is 15.4. The zero-order valence-corrected chi connectivity index (χ0v) is 19.3. The number of fused-ring (bicyclic) bond motifs is 1. The largest absolute Gasteiger partial charge is 0.351 e. The second-order valence-electron chi connectivity index (χ2n) is 7.48. The van der Waals surface area contributed by atoms with E-state index in [2.05, 4.69) is 5.32 Å². The molecule has 0 saturated carbocycles. The van der Waals surface area contributed by atoms with Gasteiger partial charge in [-0.05, 0) is 60.9 Å². The minimum Gasteiger partial charge on any atom is -0.351 e. The zero-order chi connectivity index (χ0) is 22.7. The van der Waals surface area contributed by atoms with Crippen molar-refractivity contribution in [3.63, 3.8) is 0 Å². The number of aryl methyl sites for hydroxylation is 2. The molecule has 0 saturated heterocycles. The van der Waals surface area contributed by atoms with Gasteiger partial charge in [-0.15, -0.1) is 0 Å². The van der Waals surface area contributed by atoms with Gasteiger partial charge >= 0.3 is 0 Å². The first-order valence-corrected chi connectivity index (χ1v) is 11.5. The number of hydrogen-bond donors (Lipinski definition) is 1. The molecule has 1 N–H and O–H groups in total. The molecule has 7 heteroatoms. The van der Waals surface area contributed by atoms with Gasteiger partial charge in [0.05, 0.1) is 22.3 Å². The van der Waals surface area contributed by atoms with E-state index in [9.17, 15) is 9.59 Å². The lowest BCUT2D eigenvalue weighted by atomic mass is 10.1. The first kappa shape index (κ1) is 22.1. The van der Waals surface area contributed by atoms with Crippen molar-refractivity contribution in [1.29, 1.82) is 0 Å². The molecule has 32 heavy (non-hydrogen) atoms. The van der Waals surface area contributed by atoms with Gasteiger partial charge in [0.15, 0.2) is 5.16 Å². The van der Waals surface area contributed by atoms with Crippen LogP contribution in [0.25, 0.3) is 16.6 Å². The third kappa shape index (κ3) is 4.71. The highest BCUT2D eigenvalue weighted by Crippen LogP contribution is 2.23. The SMILES string of the molecule is Cc1ccc(-n2c(SCC(=O)NCc3ccccc3Cl)nc3ccccc3c2=O)cc1C. The van der Waals surface area contributed by atoms with E-state index >= 15 is 0 Å². The topological polar surface area (TPSA) is 64.0 Å². The fourth-order valence-corrected chi connectivity index (χ4v) is 4.36. The summed E-state index contributed by atoms with van der Waals surface area (Å²) in [6.07, 6.45) is 0. The number of nitrogens with zero attached hydrogens (tertiary/aromatic N) is 2. The van der Waals surface area contributed by atoms with Gasteiger partial charge < -0.3 is 5.32 Å². The molecule has 0 aliphatic carbocycles. The summed E-state index contributed by atoms with van der Waals surface area (Å²) in [5.74, 6) is -0.0379. The van der Waals surface area contributed by atoms with Crippen molar-refractivity contribution < 1.29 is 4.79 Å². The number of thioether (sulfide) groups is 1. The van der Waals surface area contributed by atoms with Crippen LogP contribution in [0.3, 0.4) is 0 Å². The molecule has 0 bridgehead atoms. The van der Waals surface area contributed by atoms with Crippen molar-refractivity contribution in [2.45, 2.75) is 25.5 Å². The number of hydrogen-bond acceptors (Lipinski definition) is 4. The third-order valence-corrected chi connectivity index (χ3v) is 6.57. The molecule has 4 rings (SSSR count). The maximum absolute atomic E-state index is 13.3. The van der Waals surface area contributed by atoms with Crippen LogP contribution in [0.5, 0.6) is 0 Å². The van der Waals surface area contributed by atoms with Crippen molar-refractivity contribution in [3.05, 3.63) is 98.8 Å². The number of carbonyl (C=O) groups excluding carboxylic acids is 1. The van der Waals surface area contributed by atoms with Crippen molar-refractivity contribution in [3.8, 4) is 5.69 Å². The van der Waals surface area contributed by atoms with Crippen LogP contribution in [0.1, 0.15) is 16.7 Å². The molecule has 0 fully saturated rings. The zero-order valence-electron chi connectivity index (χ0n) is 17.8. The number of nitrogens with one attached hydrogen (secondary N) is 1. The Morgan fingerprint density at radius 1 is 1.03 bits per heavy atom. The van der Waals surface area contributed by atoms with E-state index in [4.69, 9.17) is 16.6 Å². The highest BCUT2D eigenvalue weighted by molar-refractivity contribution is 7.99. The van der Waals surface area contributed by atoms with Gasteiger partial charge in [0.1, 0.15) is 0 Å². The van der Waals surface area contributed by atoms with Gasteiger partial charge in [-0.3, -0.25) is 14.2 Å². The Morgan fingerprint density at radius 2 is 1.78 bits per heavy atom. The molecule has 0 radical (unpaired) electrons. The van der Waals surface area contributed by atoms with Crippen LogP contribution in [-0.2, 0) is 11.3 Å². The number of para-hydroxylation sites is 1. The minimum absolute atomic E-state index is 0.125. The standard InChI is InChI=1S/C25H22ClN3O2S/c1-16-11-12-19(13-17(16)2)29-24(31)20-8-4-6-10-22(20)28-25(29)32-15-23(30)27-14-18-7-3-5-9-21(18)26/h3-13H,14-15H2,1-2H3,(H,27,30). The van der Waals surface area contributed by atoms with Crippen LogP contribution < -0.4 is 10.9 Å². The van der Waals surface area contributed by atoms with E-state index in [0.29, 0.717) is 27.6 Å². The lowest BCUT2D eigenvalue weighted by molar-refractivity contribution is -0.118. The van der Waals surface area contributed by atoms with Crippen LogP contribution in [0.15, 0.2) is 76.7 Å². The highest BCUT2D eigenvalue weighted by Gasteiger charge is 2.15. The molecule has 3 aromatic carbocycles. The summed E-state index contributed by atoms with van der Waals surface area (Å²) in [5, 5.41) is 4.51. The lowest BCUT2D eigenvalue weighted by Gasteiger charge is -2.14. The van der Waals surface area contributed by atoms with Crippen LogP contribution in [0, 0.1) is 13.8 Å². The maximum Gasteiger partial charge on any atom is 0.266 e. The Labute approximate surface area is 195 Å². The van der Waals surface area contributed by atoms with Crippen molar-refractivity contribution in [1.82, 2.24) is 14.9 Å². The second kappa shape index (κ2) is 9.59. The summed E-state index contributed by atoms with van der Waals surface area (Å²) in [6.45, 7) is 4.38. The normalized spacial score (nSPS) is 11.0. The molecule has 1 heterocycles. The number of halogens is 1. The molecule has 1 amide bonds. The smallest absolute Gasteiger partial charge is 0.266 e. The predicted octanol–water partition coefficient (Wildman–Crippen LogP) is 5.06. The minimum atomic E-state index is -0.163. The van der Waals surface area contributed by atoms with Gasteiger partial charge in [-0.1, -0.05) is 59.8 Å². The Bertz CT molecular complexity index is 1370. The quantitative estimate of drug-likeness (QED) is 0.320. The number of carbonyl (C=O) groups is 1. The average molecular weight is 464 g/mol. The third-order valence-electron chi connectivity index (χ3n) is 5.26. The summed E-state index contributed by atoms with van der Waals surface area (Å²) in [6, 6.07) is 20.5.